The van der Waals surface area contributed by atoms with Gasteiger partial charge in [0.15, 0.2) is 0 Å². The Labute approximate surface area is 292 Å². The van der Waals surface area contributed by atoms with Gasteiger partial charge in [0.1, 0.15) is 5.82 Å². The summed E-state index contributed by atoms with van der Waals surface area (Å²) in [6.07, 6.45) is 9.31. The summed E-state index contributed by atoms with van der Waals surface area (Å²) in [6.45, 7) is 0. The van der Waals surface area contributed by atoms with Gasteiger partial charge in [-0.2, -0.15) is 20.5 Å². The highest BCUT2D eigenvalue weighted by molar-refractivity contribution is 6.27. The Hall–Kier alpha value is -7.00. The highest BCUT2D eigenvalue weighted by Gasteiger charge is 2.56. The molecule has 0 spiro atoms. The number of hydrogen-bond donors (Lipinski definition) is 5. The third-order valence-electron chi connectivity index (χ3n) is 10.2. The van der Waals surface area contributed by atoms with Crippen LogP contribution in [0.1, 0.15) is 45.6 Å². The standard InChI is InChI=1S/C42H31N9/c1-2-13-28(14-3-1)42(35-24-27-11-5-7-17-31(27)48-35)39(30-16-8-12-26-10-4-6-15-29(26)30)37(32-18-9-20-43-32)36(33-19-21-46-49-33)38(41-44-22-23-45-41)40(42)34-25-47-51-50-34/h1-25,40,43,48H,(H,44,45)(H,46,49)(H,47,50,51). The zero-order valence-corrected chi connectivity index (χ0v) is 27.3. The van der Waals surface area contributed by atoms with Crippen molar-refractivity contribution in [1.82, 2.24) is 45.5 Å². The van der Waals surface area contributed by atoms with E-state index in [0.717, 1.165) is 83.7 Å². The Morgan fingerprint density at radius 1 is 0.647 bits per heavy atom. The van der Waals surface area contributed by atoms with Crippen molar-refractivity contribution >= 4 is 44.0 Å². The predicted molar refractivity (Wildman–Crippen MR) is 200 cm³/mol. The second kappa shape index (κ2) is 11.6. The number of aromatic nitrogens is 9. The van der Waals surface area contributed by atoms with Crippen LogP contribution in [-0.2, 0) is 5.41 Å². The van der Waals surface area contributed by atoms with Crippen molar-refractivity contribution in [3.63, 3.8) is 0 Å². The second-order valence-corrected chi connectivity index (χ2v) is 12.8. The van der Waals surface area contributed by atoms with Crippen LogP contribution in [0.4, 0.5) is 0 Å². The number of benzene rings is 4. The number of rotatable bonds is 7. The molecule has 0 amide bonds. The molecule has 10 rings (SSSR count). The Kier molecular flexibility index (Phi) is 6.57. The molecule has 1 aliphatic rings. The van der Waals surface area contributed by atoms with Gasteiger partial charge >= 0.3 is 0 Å². The van der Waals surface area contributed by atoms with E-state index in [9.17, 15) is 0 Å². The fourth-order valence-electron chi connectivity index (χ4n) is 8.31. The SMILES string of the molecule is c1ccc(C2(c3cc4ccccc4[nH]3)C(c3cccc4ccccc34)=C(c3ccc[nH]3)C(c3ccn[nH]3)=C(c3ncc[nH]3)C2c2cn[nH]n2)cc1. The van der Waals surface area contributed by atoms with E-state index in [0.29, 0.717) is 0 Å². The lowest BCUT2D eigenvalue weighted by Crippen LogP contribution is -2.41. The van der Waals surface area contributed by atoms with Gasteiger partial charge in [-0.1, -0.05) is 91.0 Å². The molecule has 5 aromatic heterocycles. The van der Waals surface area contributed by atoms with Crippen LogP contribution in [0.2, 0.25) is 0 Å². The average Bonchev–Trinajstić information content (AvgIpc) is 4.03. The fraction of sp³-hybridized carbons (Fsp3) is 0.0476. The van der Waals surface area contributed by atoms with Gasteiger partial charge < -0.3 is 15.0 Å². The van der Waals surface area contributed by atoms with Crippen LogP contribution >= 0.6 is 0 Å². The van der Waals surface area contributed by atoms with Crippen molar-refractivity contribution in [1.29, 1.82) is 0 Å². The largest absolute Gasteiger partial charge is 0.361 e. The normalized spacial score (nSPS) is 17.9. The molecule has 2 atom stereocenters. The van der Waals surface area contributed by atoms with Gasteiger partial charge in [-0.3, -0.25) is 5.10 Å². The van der Waals surface area contributed by atoms with Crippen LogP contribution in [-0.4, -0.2) is 45.5 Å². The van der Waals surface area contributed by atoms with E-state index in [4.69, 9.17) is 10.1 Å². The maximum Gasteiger partial charge on any atom is 0.134 e. The van der Waals surface area contributed by atoms with Crippen LogP contribution < -0.4 is 0 Å². The molecule has 51 heavy (non-hydrogen) atoms. The van der Waals surface area contributed by atoms with Crippen LogP contribution in [0.5, 0.6) is 0 Å². The molecule has 244 valence electrons. The molecule has 9 nitrogen and oxygen atoms in total. The minimum atomic E-state index is -0.923. The Balaban J connectivity index is 1.52. The molecule has 0 bridgehead atoms. The molecule has 9 aromatic rings. The quantitative estimate of drug-likeness (QED) is 0.117. The molecule has 5 heterocycles. The van der Waals surface area contributed by atoms with Crippen LogP contribution in [0, 0.1) is 0 Å². The summed E-state index contributed by atoms with van der Waals surface area (Å²) in [5.41, 5.74) is 9.95. The molecular weight excluding hydrogens is 631 g/mol. The van der Waals surface area contributed by atoms with Gasteiger partial charge in [0.2, 0.25) is 0 Å². The van der Waals surface area contributed by atoms with Crippen LogP contribution in [0.25, 0.3) is 44.0 Å². The van der Waals surface area contributed by atoms with Crippen molar-refractivity contribution in [2.45, 2.75) is 11.3 Å². The van der Waals surface area contributed by atoms with E-state index in [1.165, 1.54) is 0 Å². The molecule has 0 aliphatic heterocycles. The summed E-state index contributed by atoms with van der Waals surface area (Å²) in [6, 6.07) is 43.0. The van der Waals surface area contributed by atoms with Crippen LogP contribution in [0.15, 0.2) is 152 Å². The van der Waals surface area contributed by atoms with E-state index in [1.807, 2.05) is 24.7 Å². The maximum absolute atomic E-state index is 4.97. The lowest BCUT2D eigenvalue weighted by molar-refractivity contribution is 0.571. The molecular formula is C42H31N9. The third kappa shape index (κ3) is 4.34. The van der Waals surface area contributed by atoms with Gasteiger partial charge in [-0.25, -0.2) is 4.98 Å². The van der Waals surface area contributed by atoms with Crippen molar-refractivity contribution < 1.29 is 0 Å². The average molecular weight is 662 g/mol. The first kappa shape index (κ1) is 29.0. The Bertz CT molecular complexity index is 2640. The lowest BCUT2D eigenvalue weighted by atomic mass is 9.53. The second-order valence-electron chi connectivity index (χ2n) is 12.8. The number of H-pyrrole nitrogens is 5. The Morgan fingerprint density at radius 3 is 2.25 bits per heavy atom. The summed E-state index contributed by atoms with van der Waals surface area (Å²) in [5.74, 6) is 0.272. The number of para-hydroxylation sites is 1. The van der Waals surface area contributed by atoms with Crippen molar-refractivity contribution in [3.05, 3.63) is 192 Å². The number of hydrogen-bond acceptors (Lipinski definition) is 4. The zero-order valence-electron chi connectivity index (χ0n) is 27.3. The van der Waals surface area contributed by atoms with Gasteiger partial charge in [0.25, 0.3) is 0 Å². The van der Waals surface area contributed by atoms with Gasteiger partial charge in [0.05, 0.1) is 28.9 Å². The summed E-state index contributed by atoms with van der Waals surface area (Å²) in [4.78, 5) is 16.1. The first-order valence-electron chi connectivity index (χ1n) is 16.9. The van der Waals surface area contributed by atoms with Crippen molar-refractivity contribution in [2.24, 2.45) is 0 Å². The van der Waals surface area contributed by atoms with E-state index < -0.39 is 11.3 Å². The van der Waals surface area contributed by atoms with Crippen LogP contribution in [0.3, 0.4) is 0 Å². The molecule has 0 saturated carbocycles. The molecule has 4 aromatic carbocycles. The van der Waals surface area contributed by atoms with Crippen molar-refractivity contribution in [3.8, 4) is 0 Å². The van der Waals surface area contributed by atoms with Gasteiger partial charge in [-0.15, -0.1) is 0 Å². The number of fused-ring (bicyclic) bond motifs is 2. The number of nitrogens with zero attached hydrogens (tertiary/aromatic N) is 4. The zero-order chi connectivity index (χ0) is 33.8. The molecule has 9 heteroatoms. The maximum atomic E-state index is 4.97. The third-order valence-corrected chi connectivity index (χ3v) is 10.2. The molecule has 1 aliphatic carbocycles. The smallest absolute Gasteiger partial charge is 0.134 e. The topological polar surface area (TPSA) is 131 Å². The highest BCUT2D eigenvalue weighted by atomic mass is 15.3. The minimum absolute atomic E-state index is 0.455. The molecule has 0 fully saturated rings. The fourth-order valence-corrected chi connectivity index (χ4v) is 8.31. The number of nitrogens with one attached hydrogen (secondary N) is 5. The van der Waals surface area contributed by atoms with E-state index in [-0.39, 0.29) is 0 Å². The molecule has 5 N–H and O–H groups in total. The monoisotopic (exact) mass is 661 g/mol. The summed E-state index contributed by atoms with van der Waals surface area (Å²) < 4.78 is 0. The molecule has 2 unspecified atom stereocenters. The lowest BCUT2D eigenvalue weighted by Gasteiger charge is -2.48. The summed E-state index contributed by atoms with van der Waals surface area (Å²) in [5, 5.41) is 23.5. The minimum Gasteiger partial charge on any atom is -0.361 e. The Morgan fingerprint density at radius 2 is 1.49 bits per heavy atom. The summed E-state index contributed by atoms with van der Waals surface area (Å²) in [7, 11) is 0. The number of imidazole rings is 1. The van der Waals surface area contributed by atoms with Gasteiger partial charge in [0, 0.05) is 58.4 Å². The first-order chi connectivity index (χ1) is 25.3. The highest BCUT2D eigenvalue weighted by Crippen LogP contribution is 2.65. The summed E-state index contributed by atoms with van der Waals surface area (Å²) >= 11 is 0. The van der Waals surface area contributed by atoms with Crippen molar-refractivity contribution in [2.75, 3.05) is 0 Å². The number of aromatic amines is 5. The van der Waals surface area contributed by atoms with E-state index in [1.54, 1.807) is 12.4 Å². The number of allylic oxidation sites excluding steroid dienone is 4. The predicted octanol–water partition coefficient (Wildman–Crippen LogP) is 8.52. The molecule has 0 radical (unpaired) electrons. The molecule has 0 saturated heterocycles. The van der Waals surface area contributed by atoms with E-state index >= 15 is 0 Å². The van der Waals surface area contributed by atoms with Gasteiger partial charge in [-0.05, 0) is 63.2 Å². The van der Waals surface area contributed by atoms with E-state index in [2.05, 4.69) is 151 Å². The first-order valence-corrected chi connectivity index (χ1v) is 16.9.